The van der Waals surface area contributed by atoms with Gasteiger partial charge in [-0.15, -0.1) is 0 Å². The summed E-state index contributed by atoms with van der Waals surface area (Å²) in [5.41, 5.74) is 4.35. The lowest BCUT2D eigenvalue weighted by Crippen LogP contribution is -2.39. The van der Waals surface area contributed by atoms with Crippen molar-refractivity contribution >= 4 is 0 Å². The first-order chi connectivity index (χ1) is 12.7. The molecule has 0 N–H and O–H groups in total. The molecular weight excluding hydrogens is 316 g/mol. The number of rotatable bonds is 4. The molecule has 3 aromatic carbocycles. The maximum Gasteiger partial charge on any atom is 0.122 e. The van der Waals surface area contributed by atoms with E-state index in [9.17, 15) is 0 Å². The predicted molar refractivity (Wildman–Crippen MR) is 106 cm³/mol. The fourth-order valence-electron chi connectivity index (χ4n) is 3.99. The van der Waals surface area contributed by atoms with Gasteiger partial charge in [-0.2, -0.15) is 0 Å². The molecule has 0 aliphatic rings. The lowest BCUT2D eigenvalue weighted by molar-refractivity contribution is 0.491. The van der Waals surface area contributed by atoms with Crippen molar-refractivity contribution in [2.24, 2.45) is 0 Å². The maximum atomic E-state index is 4.62. The van der Waals surface area contributed by atoms with Crippen LogP contribution in [0.2, 0.25) is 0 Å². The van der Waals surface area contributed by atoms with Crippen molar-refractivity contribution in [1.29, 1.82) is 0 Å². The largest absolute Gasteiger partial charge is 0.314 e. The Bertz CT molecular complexity index is 870. The van der Waals surface area contributed by atoms with Crippen LogP contribution in [0.1, 0.15) is 28.2 Å². The summed E-state index contributed by atoms with van der Waals surface area (Å²) in [7, 11) is 0. The van der Waals surface area contributed by atoms with Crippen LogP contribution in [0, 0.1) is 13.8 Å². The van der Waals surface area contributed by atoms with Gasteiger partial charge in [0.1, 0.15) is 11.4 Å². The third-order valence-corrected chi connectivity index (χ3v) is 5.02. The van der Waals surface area contributed by atoms with Gasteiger partial charge in [-0.05, 0) is 30.5 Å². The molecule has 0 saturated heterocycles. The highest BCUT2D eigenvalue weighted by molar-refractivity contribution is 5.51. The number of imidazole rings is 1. The van der Waals surface area contributed by atoms with Crippen molar-refractivity contribution in [2.75, 3.05) is 0 Å². The molecule has 0 aliphatic heterocycles. The zero-order chi connectivity index (χ0) is 18.0. The van der Waals surface area contributed by atoms with Crippen molar-refractivity contribution < 1.29 is 0 Å². The van der Waals surface area contributed by atoms with Crippen LogP contribution in [0.3, 0.4) is 0 Å². The minimum absolute atomic E-state index is 0.464. The summed E-state index contributed by atoms with van der Waals surface area (Å²) >= 11 is 0. The van der Waals surface area contributed by atoms with Gasteiger partial charge in [0.05, 0.1) is 0 Å². The molecule has 0 spiro atoms. The second-order valence-electron chi connectivity index (χ2n) is 6.59. The summed E-state index contributed by atoms with van der Waals surface area (Å²) in [4.78, 5) is 4.62. The molecular formula is C24H22N2. The van der Waals surface area contributed by atoms with Crippen LogP contribution in [0.15, 0.2) is 97.2 Å². The molecule has 128 valence electrons. The molecule has 4 rings (SSSR count). The van der Waals surface area contributed by atoms with Crippen molar-refractivity contribution in [3.8, 4) is 0 Å². The second-order valence-corrected chi connectivity index (χ2v) is 6.59. The van der Waals surface area contributed by atoms with Crippen molar-refractivity contribution in [2.45, 2.75) is 19.4 Å². The van der Waals surface area contributed by atoms with Gasteiger partial charge in [0.25, 0.3) is 0 Å². The molecule has 0 radical (unpaired) electrons. The highest BCUT2D eigenvalue weighted by Crippen LogP contribution is 2.42. The first-order valence-corrected chi connectivity index (χ1v) is 8.92. The second kappa shape index (κ2) is 6.64. The van der Waals surface area contributed by atoms with E-state index in [-0.39, 0.29) is 0 Å². The summed E-state index contributed by atoms with van der Waals surface area (Å²) < 4.78 is 2.35. The Hall–Kier alpha value is -3.13. The molecule has 1 heterocycles. The third-order valence-electron chi connectivity index (χ3n) is 5.02. The van der Waals surface area contributed by atoms with E-state index in [1.165, 1.54) is 16.7 Å². The maximum absolute atomic E-state index is 4.62. The summed E-state index contributed by atoms with van der Waals surface area (Å²) in [5.74, 6) is 0.999. The molecule has 0 amide bonds. The Kier molecular flexibility index (Phi) is 4.18. The summed E-state index contributed by atoms with van der Waals surface area (Å²) in [6.07, 6.45) is 1.96. The SMILES string of the molecule is Cc1cnc(C)n1C(c1ccccc1)(c1ccccc1)c1ccccc1. The van der Waals surface area contributed by atoms with E-state index >= 15 is 0 Å². The number of aromatic nitrogens is 2. The van der Waals surface area contributed by atoms with Crippen LogP contribution in [0.4, 0.5) is 0 Å². The van der Waals surface area contributed by atoms with E-state index in [2.05, 4.69) is 114 Å². The Morgan fingerprint density at radius 3 is 1.31 bits per heavy atom. The highest BCUT2D eigenvalue weighted by atomic mass is 15.1. The van der Waals surface area contributed by atoms with Gasteiger partial charge < -0.3 is 4.57 Å². The number of hydrogen-bond donors (Lipinski definition) is 0. The number of benzene rings is 3. The van der Waals surface area contributed by atoms with Gasteiger partial charge >= 0.3 is 0 Å². The molecule has 2 heteroatoms. The fraction of sp³-hybridized carbons (Fsp3) is 0.125. The highest BCUT2D eigenvalue weighted by Gasteiger charge is 2.39. The molecule has 0 unspecified atom stereocenters. The van der Waals surface area contributed by atoms with Gasteiger partial charge in [-0.25, -0.2) is 4.98 Å². The zero-order valence-corrected chi connectivity index (χ0v) is 15.1. The lowest BCUT2D eigenvalue weighted by Gasteiger charge is -2.39. The quantitative estimate of drug-likeness (QED) is 0.459. The number of aryl methyl sites for hydroxylation is 2. The van der Waals surface area contributed by atoms with Crippen LogP contribution in [0.25, 0.3) is 0 Å². The Morgan fingerprint density at radius 2 is 1.00 bits per heavy atom. The Labute approximate surface area is 154 Å². The van der Waals surface area contributed by atoms with E-state index in [4.69, 9.17) is 0 Å². The van der Waals surface area contributed by atoms with Gasteiger partial charge in [-0.1, -0.05) is 91.0 Å². The van der Waals surface area contributed by atoms with Crippen LogP contribution in [-0.2, 0) is 5.54 Å². The van der Waals surface area contributed by atoms with E-state index in [1.54, 1.807) is 0 Å². The van der Waals surface area contributed by atoms with Crippen LogP contribution in [-0.4, -0.2) is 9.55 Å². The van der Waals surface area contributed by atoms with Crippen LogP contribution < -0.4 is 0 Å². The van der Waals surface area contributed by atoms with Crippen molar-refractivity contribution in [3.63, 3.8) is 0 Å². The number of hydrogen-bond acceptors (Lipinski definition) is 1. The molecule has 0 saturated carbocycles. The van der Waals surface area contributed by atoms with E-state index in [1.807, 2.05) is 6.20 Å². The summed E-state index contributed by atoms with van der Waals surface area (Å²) in [6, 6.07) is 32.1. The molecule has 0 bridgehead atoms. The van der Waals surface area contributed by atoms with Crippen molar-refractivity contribution in [3.05, 3.63) is 125 Å². The van der Waals surface area contributed by atoms with E-state index < -0.39 is 5.54 Å². The van der Waals surface area contributed by atoms with E-state index in [0.717, 1.165) is 11.5 Å². The summed E-state index contributed by atoms with van der Waals surface area (Å²) in [5, 5.41) is 0. The molecule has 0 fully saturated rings. The fourth-order valence-corrected chi connectivity index (χ4v) is 3.99. The monoisotopic (exact) mass is 338 g/mol. The standard InChI is InChI=1S/C24H22N2/c1-19-18-25-20(2)26(19)24(21-12-6-3-7-13-21,22-14-8-4-9-15-22)23-16-10-5-11-17-23/h3-18H,1-2H3. The van der Waals surface area contributed by atoms with Crippen LogP contribution in [0.5, 0.6) is 0 Å². The molecule has 0 aliphatic carbocycles. The van der Waals surface area contributed by atoms with Crippen molar-refractivity contribution in [1.82, 2.24) is 9.55 Å². The average molecular weight is 338 g/mol. The van der Waals surface area contributed by atoms with Gasteiger partial charge in [-0.3, -0.25) is 0 Å². The van der Waals surface area contributed by atoms with Crippen LogP contribution >= 0.6 is 0 Å². The summed E-state index contributed by atoms with van der Waals surface area (Å²) in [6.45, 7) is 4.21. The van der Waals surface area contributed by atoms with E-state index in [0.29, 0.717) is 0 Å². The number of nitrogens with zero attached hydrogens (tertiary/aromatic N) is 2. The molecule has 26 heavy (non-hydrogen) atoms. The first-order valence-electron chi connectivity index (χ1n) is 8.92. The third kappa shape index (κ3) is 2.46. The van der Waals surface area contributed by atoms with Gasteiger partial charge in [0, 0.05) is 11.9 Å². The lowest BCUT2D eigenvalue weighted by atomic mass is 9.76. The minimum Gasteiger partial charge on any atom is -0.314 e. The molecule has 1 aromatic heterocycles. The Morgan fingerprint density at radius 1 is 0.615 bits per heavy atom. The minimum atomic E-state index is -0.464. The van der Waals surface area contributed by atoms with Gasteiger partial charge in [0.2, 0.25) is 0 Å². The smallest absolute Gasteiger partial charge is 0.122 e. The average Bonchev–Trinajstić information content (AvgIpc) is 3.04. The predicted octanol–water partition coefficient (Wildman–Crippen LogP) is 5.34. The Balaban J connectivity index is 2.19. The molecule has 4 aromatic rings. The molecule has 0 atom stereocenters. The normalized spacial score (nSPS) is 11.5. The first kappa shape index (κ1) is 16.3. The zero-order valence-electron chi connectivity index (χ0n) is 15.1. The topological polar surface area (TPSA) is 17.8 Å². The van der Waals surface area contributed by atoms with Gasteiger partial charge in [0.15, 0.2) is 0 Å². The molecule has 2 nitrogen and oxygen atoms in total.